The number of hydrogen-bond acceptors (Lipinski definition) is 6. The van der Waals surface area contributed by atoms with Gasteiger partial charge in [-0.15, -0.1) is 0 Å². The standard InChI is InChI=1S/C22H14Cl2N6O3/c1-13-19(9-25)28-30(22(32)27-13)15-7-17(23)20(18(24)8-15)33-16-10-26-21(31)29(12-16)11-14-5-3-2-4-6-14/h2-8,10,12H,1,11H2,(H,27,32). The van der Waals surface area contributed by atoms with Gasteiger partial charge in [-0.1, -0.05) is 60.1 Å². The lowest BCUT2D eigenvalue weighted by molar-refractivity contribution is 0.248. The van der Waals surface area contributed by atoms with Gasteiger partial charge in [-0.25, -0.2) is 9.59 Å². The van der Waals surface area contributed by atoms with E-state index in [1.165, 1.54) is 29.1 Å². The molecule has 33 heavy (non-hydrogen) atoms. The molecular weight excluding hydrogens is 467 g/mol. The molecule has 11 heteroatoms. The Hall–Kier alpha value is -4.13. The molecule has 0 saturated heterocycles. The van der Waals surface area contributed by atoms with Crippen LogP contribution in [0.1, 0.15) is 5.56 Å². The van der Waals surface area contributed by atoms with E-state index in [1.54, 1.807) is 0 Å². The summed E-state index contributed by atoms with van der Waals surface area (Å²) in [6, 6.07) is 13.4. The van der Waals surface area contributed by atoms with E-state index < -0.39 is 11.7 Å². The average Bonchev–Trinajstić information content (AvgIpc) is 2.79. The van der Waals surface area contributed by atoms with Crippen LogP contribution >= 0.6 is 23.2 Å². The topological polar surface area (TPSA) is 113 Å². The molecule has 4 rings (SSSR count). The first-order chi connectivity index (χ1) is 15.9. The first-order valence-electron chi connectivity index (χ1n) is 9.42. The van der Waals surface area contributed by atoms with Crippen molar-refractivity contribution in [2.24, 2.45) is 5.10 Å². The Balaban J connectivity index is 1.63. The maximum atomic E-state index is 12.3. The van der Waals surface area contributed by atoms with E-state index in [0.29, 0.717) is 6.54 Å². The molecule has 0 bridgehead atoms. The number of hydrazone groups is 1. The highest BCUT2D eigenvalue weighted by Gasteiger charge is 2.26. The largest absolute Gasteiger partial charge is 0.451 e. The molecule has 9 nitrogen and oxygen atoms in total. The molecule has 2 amide bonds. The maximum Gasteiger partial charge on any atom is 0.348 e. The van der Waals surface area contributed by atoms with Gasteiger partial charge in [-0.3, -0.25) is 4.57 Å². The summed E-state index contributed by atoms with van der Waals surface area (Å²) in [5.41, 5.74) is 0.714. The zero-order valence-corrected chi connectivity index (χ0v) is 18.3. The van der Waals surface area contributed by atoms with Crippen molar-refractivity contribution in [1.82, 2.24) is 14.9 Å². The number of benzene rings is 2. The van der Waals surface area contributed by atoms with Gasteiger partial charge >= 0.3 is 11.7 Å². The number of ether oxygens (including phenoxy) is 1. The van der Waals surface area contributed by atoms with Crippen molar-refractivity contribution < 1.29 is 9.53 Å². The van der Waals surface area contributed by atoms with Crippen molar-refractivity contribution in [3.63, 3.8) is 0 Å². The van der Waals surface area contributed by atoms with Crippen molar-refractivity contribution in [3.05, 3.63) is 93.2 Å². The molecule has 0 spiro atoms. The van der Waals surface area contributed by atoms with Crippen molar-refractivity contribution in [2.45, 2.75) is 6.54 Å². The molecule has 0 unspecified atom stereocenters. The van der Waals surface area contributed by atoms with Crippen LogP contribution in [0.2, 0.25) is 10.0 Å². The van der Waals surface area contributed by atoms with Crippen LogP contribution in [-0.4, -0.2) is 21.3 Å². The molecule has 1 aromatic heterocycles. The maximum absolute atomic E-state index is 12.3. The Bertz CT molecular complexity index is 1370. The first-order valence-corrected chi connectivity index (χ1v) is 10.2. The van der Waals surface area contributed by atoms with Crippen LogP contribution < -0.4 is 20.8 Å². The van der Waals surface area contributed by atoms with Crippen LogP contribution in [0.3, 0.4) is 0 Å². The van der Waals surface area contributed by atoms with Gasteiger partial charge in [0.25, 0.3) is 0 Å². The number of amides is 2. The molecule has 0 aliphatic carbocycles. The Morgan fingerprint density at radius 1 is 1.15 bits per heavy atom. The third-order valence-corrected chi connectivity index (χ3v) is 5.08. The molecule has 0 atom stereocenters. The third kappa shape index (κ3) is 4.72. The van der Waals surface area contributed by atoms with Crippen molar-refractivity contribution >= 4 is 40.6 Å². The summed E-state index contributed by atoms with van der Waals surface area (Å²) in [6.07, 6.45) is 2.76. The van der Waals surface area contributed by atoms with E-state index >= 15 is 0 Å². The average molecular weight is 481 g/mol. The second-order valence-corrected chi connectivity index (χ2v) is 7.62. The number of hydrogen-bond donors (Lipinski definition) is 1. The number of nitriles is 1. The molecule has 0 saturated carbocycles. The van der Waals surface area contributed by atoms with Gasteiger partial charge in [0.05, 0.1) is 40.4 Å². The molecule has 1 aliphatic rings. The van der Waals surface area contributed by atoms with Gasteiger partial charge in [0, 0.05) is 0 Å². The van der Waals surface area contributed by atoms with Crippen molar-refractivity contribution in [1.29, 1.82) is 5.26 Å². The monoisotopic (exact) mass is 480 g/mol. The van der Waals surface area contributed by atoms with Gasteiger partial charge in [0.2, 0.25) is 0 Å². The lowest BCUT2D eigenvalue weighted by atomic mass is 10.2. The van der Waals surface area contributed by atoms with Crippen LogP contribution in [0.25, 0.3) is 0 Å². The number of nitrogens with one attached hydrogen (secondary N) is 1. The van der Waals surface area contributed by atoms with Crippen LogP contribution in [0, 0.1) is 11.3 Å². The molecule has 1 N–H and O–H groups in total. The number of rotatable bonds is 5. The molecule has 1 aliphatic heterocycles. The SMILES string of the molecule is C=C1NC(=O)N(c2cc(Cl)c(Oc3cnc(=O)n(Cc4ccccc4)c3)c(Cl)c2)N=C1C#N. The number of anilines is 1. The Morgan fingerprint density at radius 2 is 1.85 bits per heavy atom. The van der Waals surface area contributed by atoms with Crippen molar-refractivity contribution in [2.75, 3.05) is 5.01 Å². The summed E-state index contributed by atoms with van der Waals surface area (Å²) >= 11 is 12.7. The van der Waals surface area contributed by atoms with Crippen molar-refractivity contribution in [3.8, 4) is 17.6 Å². The predicted molar refractivity (Wildman–Crippen MR) is 124 cm³/mol. The van der Waals surface area contributed by atoms with Gasteiger partial charge in [0.1, 0.15) is 6.07 Å². The first kappa shape index (κ1) is 22.1. The Kier molecular flexibility index (Phi) is 6.13. The normalized spacial score (nSPS) is 13.2. The number of urea groups is 1. The second kappa shape index (κ2) is 9.16. The fourth-order valence-electron chi connectivity index (χ4n) is 2.98. The van der Waals surface area contributed by atoms with Crippen LogP contribution in [0.15, 0.2) is 77.0 Å². The molecule has 3 aromatic rings. The minimum absolute atomic E-state index is 0.0612. The number of halogens is 2. The summed E-state index contributed by atoms with van der Waals surface area (Å²) in [5, 5.41) is 16.6. The van der Waals surface area contributed by atoms with E-state index in [1.807, 2.05) is 36.4 Å². The zero-order valence-electron chi connectivity index (χ0n) is 16.8. The fraction of sp³-hybridized carbons (Fsp3) is 0.0455. The number of nitrogens with zero attached hydrogens (tertiary/aromatic N) is 5. The van der Waals surface area contributed by atoms with E-state index in [9.17, 15) is 9.59 Å². The fourth-order valence-corrected chi connectivity index (χ4v) is 3.53. The van der Waals surface area contributed by atoms with Crippen LogP contribution in [0.4, 0.5) is 10.5 Å². The lowest BCUT2D eigenvalue weighted by Crippen LogP contribution is -2.42. The number of allylic oxidation sites excluding steroid dienone is 1. The van der Waals surface area contributed by atoms with Gasteiger partial charge in [-0.05, 0) is 17.7 Å². The lowest BCUT2D eigenvalue weighted by Gasteiger charge is -2.24. The zero-order chi connectivity index (χ0) is 23.5. The highest BCUT2D eigenvalue weighted by molar-refractivity contribution is 6.37. The smallest absolute Gasteiger partial charge is 0.348 e. The van der Waals surface area contributed by atoms with E-state index in [4.69, 9.17) is 33.2 Å². The van der Waals surface area contributed by atoms with Gasteiger partial charge < -0.3 is 10.1 Å². The molecule has 0 fully saturated rings. The van der Waals surface area contributed by atoms with Crippen LogP contribution in [0.5, 0.6) is 11.5 Å². The quantitative estimate of drug-likeness (QED) is 0.584. The highest BCUT2D eigenvalue weighted by atomic mass is 35.5. The predicted octanol–water partition coefficient (Wildman–Crippen LogP) is 4.31. The molecular formula is C22H14Cl2N6O3. The van der Waals surface area contributed by atoms with E-state index in [-0.39, 0.29) is 38.6 Å². The summed E-state index contributed by atoms with van der Waals surface area (Å²) in [7, 11) is 0. The van der Waals surface area contributed by atoms with E-state index in [2.05, 4.69) is 22.0 Å². The summed E-state index contributed by atoms with van der Waals surface area (Å²) in [6.45, 7) is 3.87. The highest BCUT2D eigenvalue weighted by Crippen LogP contribution is 2.40. The number of carbonyl (C=O) groups excluding carboxylic acids is 1. The third-order valence-electron chi connectivity index (χ3n) is 4.52. The Morgan fingerprint density at radius 3 is 2.52 bits per heavy atom. The van der Waals surface area contributed by atoms with Gasteiger partial charge in [-0.2, -0.15) is 20.4 Å². The molecule has 0 radical (unpaired) electrons. The van der Waals surface area contributed by atoms with Crippen LogP contribution in [-0.2, 0) is 6.54 Å². The van der Waals surface area contributed by atoms with Gasteiger partial charge in [0.15, 0.2) is 17.2 Å². The summed E-state index contributed by atoms with van der Waals surface area (Å²) in [4.78, 5) is 28.2. The Labute approximate surface area is 197 Å². The number of aromatic nitrogens is 2. The molecule has 164 valence electrons. The minimum atomic E-state index is -0.628. The summed E-state index contributed by atoms with van der Waals surface area (Å²) < 4.78 is 7.19. The number of carbonyl (C=O) groups is 1. The molecule has 2 aromatic carbocycles. The summed E-state index contributed by atoms with van der Waals surface area (Å²) in [5.74, 6) is 0.332. The minimum Gasteiger partial charge on any atom is -0.451 e. The second-order valence-electron chi connectivity index (χ2n) is 6.81. The van der Waals surface area contributed by atoms with E-state index in [0.717, 1.165) is 10.6 Å². The molecule has 2 heterocycles.